The fourth-order valence-corrected chi connectivity index (χ4v) is 9.72. The van der Waals surface area contributed by atoms with Gasteiger partial charge in [-0.1, -0.05) is 36.4 Å². The highest BCUT2D eigenvalue weighted by Gasteiger charge is 2.33. The summed E-state index contributed by atoms with van der Waals surface area (Å²) < 4.78 is 17.5. The normalized spacial score (nSPS) is 16.6. The van der Waals surface area contributed by atoms with Crippen molar-refractivity contribution in [2.24, 2.45) is 14.1 Å². The van der Waals surface area contributed by atoms with Crippen molar-refractivity contribution in [3.8, 4) is 45.3 Å². The molecule has 2 aliphatic heterocycles. The Morgan fingerprint density at radius 3 is 1.42 bits per heavy atom. The molecule has 2 N–H and O–H groups in total. The minimum absolute atomic E-state index is 0.0455. The molecule has 6 aromatic heterocycles. The number of aryl methyl sites for hydroxylation is 4. The molecular formula is C51H56N18O5. The second-order valence-electron chi connectivity index (χ2n) is 18.4. The molecule has 8 aromatic rings. The molecule has 2 saturated heterocycles. The first-order valence-corrected chi connectivity index (χ1v) is 24.6. The number of carbonyl (C=O) groups is 3. The van der Waals surface area contributed by atoms with Crippen LogP contribution in [0.4, 0.5) is 16.4 Å². The summed E-state index contributed by atoms with van der Waals surface area (Å²) in [6.45, 7) is 10.3. The first kappa shape index (κ1) is 49.0. The highest BCUT2D eigenvalue weighted by Crippen LogP contribution is 2.35. The predicted molar refractivity (Wildman–Crippen MR) is 271 cm³/mol. The second kappa shape index (κ2) is 21.3. The van der Waals surface area contributed by atoms with Crippen molar-refractivity contribution in [3.05, 3.63) is 120 Å². The van der Waals surface area contributed by atoms with E-state index in [-0.39, 0.29) is 35.5 Å². The molecule has 0 bridgehead atoms. The van der Waals surface area contributed by atoms with Crippen LogP contribution in [0.25, 0.3) is 45.3 Å². The zero-order chi connectivity index (χ0) is 51.5. The van der Waals surface area contributed by atoms with E-state index in [4.69, 9.17) is 9.47 Å². The zero-order valence-electron chi connectivity index (χ0n) is 41.9. The van der Waals surface area contributed by atoms with E-state index in [2.05, 4.69) is 61.8 Å². The van der Waals surface area contributed by atoms with E-state index in [9.17, 15) is 14.4 Å². The maximum Gasteiger partial charge on any atom is 0.512 e. The number of anilines is 2. The molecule has 74 heavy (non-hydrogen) atoms. The molecule has 0 radical (unpaired) electrons. The SMILES string of the molecule is Cc1cccnc1N(C(=O)c1ccc(-c2cnn(C)c2-c2nnnn2[C@H](C)OC(=O)O[C@@H](C)n2nnnc2-c2c(-c3ccc(C(=O)N(c4ncccc4C)[C@@H]4CCCNC4)cc3)cnn2C)cc1)[C@@H]1CCCNC1. The van der Waals surface area contributed by atoms with Gasteiger partial charge in [-0.3, -0.25) is 28.8 Å². The van der Waals surface area contributed by atoms with Gasteiger partial charge in [0.2, 0.25) is 11.6 Å². The molecule has 0 saturated carbocycles. The van der Waals surface area contributed by atoms with Gasteiger partial charge in [0, 0.05) is 61.8 Å². The molecule has 0 unspecified atom stereocenters. The van der Waals surface area contributed by atoms with Gasteiger partial charge in [-0.25, -0.2) is 14.8 Å². The van der Waals surface area contributed by atoms with E-state index in [1.165, 1.54) is 9.36 Å². The lowest BCUT2D eigenvalue weighted by Gasteiger charge is -2.34. The molecule has 23 heteroatoms. The minimum Gasteiger partial charge on any atom is -0.408 e. The second-order valence-corrected chi connectivity index (χ2v) is 18.4. The number of carbonyl (C=O) groups excluding carboxylic acids is 3. The lowest BCUT2D eigenvalue weighted by atomic mass is 10.0. The molecule has 4 atom stereocenters. The van der Waals surface area contributed by atoms with Crippen molar-refractivity contribution in [1.82, 2.24) is 80.6 Å². The number of piperidine rings is 2. The largest absolute Gasteiger partial charge is 0.512 e. The van der Waals surface area contributed by atoms with Crippen LogP contribution >= 0.6 is 0 Å². The summed E-state index contributed by atoms with van der Waals surface area (Å²) in [6, 6.07) is 22.2. The Bertz CT molecular complexity index is 3060. The minimum atomic E-state index is -1.05. The number of benzene rings is 2. The van der Waals surface area contributed by atoms with Crippen molar-refractivity contribution in [3.63, 3.8) is 0 Å². The van der Waals surface area contributed by atoms with Crippen molar-refractivity contribution < 1.29 is 23.9 Å². The molecule has 2 aliphatic rings. The van der Waals surface area contributed by atoms with Crippen LogP contribution in [0.2, 0.25) is 0 Å². The summed E-state index contributed by atoms with van der Waals surface area (Å²) in [7, 11) is 3.51. The maximum absolute atomic E-state index is 14.2. The predicted octanol–water partition coefficient (Wildman–Crippen LogP) is 5.89. The van der Waals surface area contributed by atoms with Crippen molar-refractivity contribution in [2.75, 3.05) is 36.0 Å². The number of ether oxygens (including phenoxy) is 2. The molecule has 23 nitrogen and oxygen atoms in total. The first-order valence-electron chi connectivity index (χ1n) is 24.6. The van der Waals surface area contributed by atoms with E-state index in [1.807, 2.05) is 72.2 Å². The fraction of sp³-hybridized carbons (Fsp3) is 0.353. The smallest absolute Gasteiger partial charge is 0.408 e. The summed E-state index contributed by atoms with van der Waals surface area (Å²) in [6.07, 6.45) is 7.29. The molecule has 380 valence electrons. The van der Waals surface area contributed by atoms with Crippen LogP contribution in [-0.4, -0.2) is 126 Å². The van der Waals surface area contributed by atoms with Gasteiger partial charge in [0.25, 0.3) is 11.8 Å². The molecule has 0 spiro atoms. The van der Waals surface area contributed by atoms with Crippen LogP contribution < -0.4 is 20.4 Å². The Kier molecular flexibility index (Phi) is 14.1. The highest BCUT2D eigenvalue weighted by atomic mass is 16.7. The van der Waals surface area contributed by atoms with Crippen LogP contribution in [0.15, 0.2) is 97.6 Å². The van der Waals surface area contributed by atoms with Crippen molar-refractivity contribution in [2.45, 2.75) is 77.9 Å². The number of nitrogens with zero attached hydrogens (tertiary/aromatic N) is 16. The third kappa shape index (κ3) is 9.73. The molecule has 0 aliphatic carbocycles. The van der Waals surface area contributed by atoms with E-state index in [0.717, 1.165) is 61.0 Å². The lowest BCUT2D eigenvalue weighted by molar-refractivity contribution is -0.0374. The molecular weight excluding hydrogens is 945 g/mol. The van der Waals surface area contributed by atoms with Crippen LogP contribution in [0.5, 0.6) is 0 Å². The molecule has 10 rings (SSSR count). The average molecular weight is 1000 g/mol. The molecule has 8 heterocycles. The van der Waals surface area contributed by atoms with Gasteiger partial charge in [-0.15, -0.1) is 10.2 Å². The third-order valence-corrected chi connectivity index (χ3v) is 13.5. The van der Waals surface area contributed by atoms with E-state index < -0.39 is 18.6 Å². The zero-order valence-corrected chi connectivity index (χ0v) is 41.9. The number of tetrazole rings is 2. The van der Waals surface area contributed by atoms with Crippen LogP contribution in [0, 0.1) is 13.8 Å². The summed E-state index contributed by atoms with van der Waals surface area (Å²) in [5, 5.41) is 40.7. The van der Waals surface area contributed by atoms with Gasteiger partial charge in [0.05, 0.1) is 24.5 Å². The van der Waals surface area contributed by atoms with Gasteiger partial charge in [-0.05, 0) is 146 Å². The Labute approximate surface area is 425 Å². The number of hydrogen-bond donors (Lipinski definition) is 2. The highest BCUT2D eigenvalue weighted by molar-refractivity contribution is 6.07. The number of pyridine rings is 2. The Hall–Kier alpha value is -8.57. The standard InChI is InChI=1S/C51H56N18O5/c1-31-11-7-25-54-45(31)66(39-13-9-23-52-27-39)49(70)37-19-15-35(16-20-37)41-29-56-64(5)43(41)47-58-60-62-68(47)33(3)73-51(72)74-34(4)69-48(59-61-63-69)44-42(30-57-65(44)6)36-17-21-38(22-18-36)50(71)67(40-14-10-24-53-28-40)46-32(2)12-8-26-55-46/h7-8,11-12,15-22,25-26,29-30,33-34,39-40,52-53H,9-10,13-14,23-24,27-28H2,1-6H3/t33-,34-,39+,40+/m0/s1. The Morgan fingerprint density at radius 1 is 0.622 bits per heavy atom. The Morgan fingerprint density at radius 2 is 1.04 bits per heavy atom. The van der Waals surface area contributed by atoms with Crippen LogP contribution in [-0.2, 0) is 23.6 Å². The Balaban J connectivity index is 0.827. The fourth-order valence-electron chi connectivity index (χ4n) is 9.72. The van der Waals surface area contributed by atoms with Crippen LogP contribution in [0.3, 0.4) is 0 Å². The topological polar surface area (TPSA) is 249 Å². The average Bonchev–Trinajstić information content (AvgIpc) is 4.26. The number of hydrogen-bond acceptors (Lipinski definition) is 17. The maximum atomic E-state index is 14.2. The monoisotopic (exact) mass is 1000 g/mol. The van der Waals surface area contributed by atoms with Gasteiger partial charge < -0.3 is 20.1 Å². The molecule has 2 fully saturated rings. The quantitative estimate of drug-likeness (QED) is 0.121. The number of rotatable bonds is 14. The molecule has 2 amide bonds. The third-order valence-electron chi connectivity index (χ3n) is 13.5. The summed E-state index contributed by atoms with van der Waals surface area (Å²) in [4.78, 5) is 54.9. The summed E-state index contributed by atoms with van der Waals surface area (Å²) in [5.74, 6) is 1.54. The van der Waals surface area contributed by atoms with Gasteiger partial charge in [0.15, 0.2) is 12.5 Å². The van der Waals surface area contributed by atoms with E-state index in [0.29, 0.717) is 58.4 Å². The number of nitrogens with one attached hydrogen (secondary N) is 2. The van der Waals surface area contributed by atoms with Crippen LogP contribution in [0.1, 0.15) is 83.8 Å². The van der Waals surface area contributed by atoms with Gasteiger partial charge >= 0.3 is 6.16 Å². The lowest BCUT2D eigenvalue weighted by Crippen LogP contribution is -2.49. The molecule has 2 aromatic carbocycles. The number of amides is 2. The van der Waals surface area contributed by atoms with E-state index >= 15 is 0 Å². The number of aromatic nitrogens is 14. The first-order chi connectivity index (χ1) is 36.0. The van der Waals surface area contributed by atoms with Crippen molar-refractivity contribution in [1.29, 1.82) is 0 Å². The van der Waals surface area contributed by atoms with Crippen molar-refractivity contribution >= 4 is 29.6 Å². The van der Waals surface area contributed by atoms with E-state index in [1.54, 1.807) is 86.4 Å². The van der Waals surface area contributed by atoms with Gasteiger partial charge in [-0.2, -0.15) is 19.6 Å². The van der Waals surface area contributed by atoms with Gasteiger partial charge in [0.1, 0.15) is 23.0 Å². The summed E-state index contributed by atoms with van der Waals surface area (Å²) in [5.41, 5.74) is 6.80. The summed E-state index contributed by atoms with van der Waals surface area (Å²) >= 11 is 0.